The number of rotatable bonds is 9. The molecule has 64 heavy (non-hydrogen) atoms. The van der Waals surface area contributed by atoms with Gasteiger partial charge in [0.05, 0.1) is 0 Å². The maximum atomic E-state index is 9.25. The average molecular weight is 964 g/mol. The van der Waals surface area contributed by atoms with Crippen molar-refractivity contribution in [1.82, 2.24) is 0 Å². The Kier molecular flexibility index (Phi) is 11.2. The number of hydrogen-bond donors (Lipinski definition) is 0. The van der Waals surface area contributed by atoms with E-state index in [9.17, 15) is 17.0 Å². The first-order chi connectivity index (χ1) is 30.9. The molecule has 0 spiro atoms. The van der Waals surface area contributed by atoms with Gasteiger partial charge < -0.3 is 0 Å². The van der Waals surface area contributed by atoms with Crippen LogP contribution in [0.4, 0.5) is 0 Å². The van der Waals surface area contributed by atoms with Gasteiger partial charge in [0.25, 0.3) is 0 Å². The van der Waals surface area contributed by atoms with E-state index in [1.165, 1.54) is 111 Å². The molecule has 0 amide bonds. The van der Waals surface area contributed by atoms with Gasteiger partial charge in [0.2, 0.25) is 0 Å². The summed E-state index contributed by atoms with van der Waals surface area (Å²) in [5.74, 6) is -1.96. The van der Waals surface area contributed by atoms with E-state index in [0.29, 0.717) is 0 Å². The zero-order valence-electron chi connectivity index (χ0n) is 37.5. The van der Waals surface area contributed by atoms with Crippen LogP contribution in [-0.2, 0) is 15.6 Å². The molecule has 4 heteroatoms. The Morgan fingerprint density at radius 1 is 0.375 bits per heavy atom. The van der Waals surface area contributed by atoms with Gasteiger partial charge in [-0.05, 0) is 0 Å². The van der Waals surface area contributed by atoms with Crippen LogP contribution in [0.2, 0.25) is 13.1 Å². The molecular weight excluding hydrogens is 911 g/mol. The molecule has 0 bridgehead atoms. The van der Waals surface area contributed by atoms with Gasteiger partial charge in [0.15, 0.2) is 0 Å². The van der Waals surface area contributed by atoms with Crippen molar-refractivity contribution in [3.8, 4) is 44.5 Å². The third-order valence-corrected chi connectivity index (χ3v) is 65.6. The third-order valence-electron chi connectivity index (χ3n) is 14.0. The molecule has 0 heterocycles. The van der Waals surface area contributed by atoms with E-state index in [1.807, 2.05) is 0 Å². The van der Waals surface area contributed by atoms with E-state index in [1.54, 1.807) is 0 Å². The van der Waals surface area contributed by atoms with Crippen molar-refractivity contribution in [3.63, 3.8) is 0 Å². The summed E-state index contributed by atoms with van der Waals surface area (Å²) in [7, 11) is 18.5. The Hall–Kier alpha value is -5.08. The van der Waals surface area contributed by atoms with Gasteiger partial charge in [0.1, 0.15) is 0 Å². The van der Waals surface area contributed by atoms with E-state index in [4.69, 9.17) is 0 Å². The summed E-state index contributed by atoms with van der Waals surface area (Å²) in [6.07, 6.45) is 4.98. The van der Waals surface area contributed by atoms with Gasteiger partial charge in [-0.25, -0.2) is 0 Å². The first kappa shape index (κ1) is 42.8. The van der Waals surface area contributed by atoms with Crippen molar-refractivity contribution < 1.29 is 15.6 Å². The van der Waals surface area contributed by atoms with Crippen LogP contribution < -0.4 is 0 Å². The minimum absolute atomic E-state index is 0.162. The van der Waals surface area contributed by atoms with Crippen LogP contribution in [0, 0.1) is 27.7 Å². The van der Waals surface area contributed by atoms with Crippen molar-refractivity contribution in [3.05, 3.63) is 238 Å². The average Bonchev–Trinajstić information content (AvgIpc) is 3.90. The molecule has 8 aromatic rings. The summed E-state index contributed by atoms with van der Waals surface area (Å²) in [5, 5.41) is 0. The Balaban J connectivity index is 1.31. The Labute approximate surface area is 388 Å². The Morgan fingerprint density at radius 3 is 1.00 bits per heavy atom. The van der Waals surface area contributed by atoms with Gasteiger partial charge in [-0.1, -0.05) is 0 Å². The number of allylic oxidation sites excluding steroid dienone is 2. The van der Waals surface area contributed by atoms with E-state index < -0.39 is 21.5 Å². The second kappa shape index (κ2) is 16.7. The fourth-order valence-corrected chi connectivity index (χ4v) is 41.4. The van der Waals surface area contributed by atoms with Crippen molar-refractivity contribution >= 4 is 46.2 Å². The number of aryl methyl sites for hydroxylation is 4. The predicted octanol–water partition coefficient (Wildman–Crippen LogP) is 17.5. The number of benzene rings is 8. The van der Waals surface area contributed by atoms with Gasteiger partial charge >= 0.3 is 392 Å². The quantitative estimate of drug-likeness (QED) is 0.126. The van der Waals surface area contributed by atoms with Crippen LogP contribution in [-0.4, -0.2) is 5.92 Å². The molecule has 315 valence electrons. The van der Waals surface area contributed by atoms with E-state index in [-0.39, 0.29) is 7.25 Å². The van der Waals surface area contributed by atoms with Gasteiger partial charge in [-0.15, -0.1) is 0 Å². The topological polar surface area (TPSA) is 0 Å². The van der Waals surface area contributed by atoms with E-state index >= 15 is 0 Å². The standard InChI is InChI=1S/2C29H23.C2H7Si.2ClH.Zr/c2*1-20-15-21(2)17-26(16-20)29-27(23-11-7-4-8-12-23)14-13-24-18-25(19-28(24)29)22-9-5-3-6-10-22;1-3-2;;;/h2*3-19H,1-2H3;3H,1-2H3;2*1H;/q;;;;;+2/p-2. The molecule has 0 aromatic heterocycles. The van der Waals surface area contributed by atoms with Gasteiger partial charge in [-0.3, -0.25) is 0 Å². The molecule has 2 aliphatic rings. The maximum absolute atomic E-state index is 9.25. The minimum atomic E-state index is -5.43. The molecule has 2 aliphatic carbocycles. The molecule has 0 saturated carbocycles. The van der Waals surface area contributed by atoms with Crippen molar-refractivity contribution in [2.75, 3.05) is 0 Å². The zero-order valence-corrected chi connectivity index (χ0v) is 42.6. The normalized spacial score (nSPS) is 16.2. The Bertz CT molecular complexity index is 2900. The Morgan fingerprint density at radius 2 is 0.688 bits per heavy atom. The predicted molar refractivity (Wildman–Crippen MR) is 278 cm³/mol. The van der Waals surface area contributed by atoms with Crippen molar-refractivity contribution in [2.24, 2.45) is 0 Å². The van der Waals surface area contributed by atoms with Crippen molar-refractivity contribution in [1.29, 1.82) is 0 Å². The first-order valence-electron chi connectivity index (χ1n) is 22.6. The molecule has 0 radical (unpaired) electrons. The summed E-state index contributed by atoms with van der Waals surface area (Å²) in [6, 6.07) is 67.2. The number of halogens is 2. The van der Waals surface area contributed by atoms with E-state index in [0.717, 1.165) is 0 Å². The second-order valence-corrected chi connectivity index (χ2v) is 61.2. The first-order valence-corrected chi connectivity index (χ1v) is 38.9. The summed E-state index contributed by atoms with van der Waals surface area (Å²) in [5.41, 5.74) is 24.7. The third kappa shape index (κ3) is 7.23. The van der Waals surface area contributed by atoms with Crippen LogP contribution in [0.5, 0.6) is 0 Å². The SMILES string of the molecule is Cc1cc(C)cc(-c2c(-c3ccccc3)ccc3c2C=C(c2ccccc2)[CH]3[Zr]([Cl])([Cl])([CH]2C(c3ccccc3)=Cc3c2ccc(-c2ccccc2)c3-c2cc(C)cc(C)c2)[SiH](C)C)c1. The van der Waals surface area contributed by atoms with Crippen LogP contribution in [0.15, 0.2) is 182 Å². The summed E-state index contributed by atoms with van der Waals surface area (Å²) < 4.78 is -0.324. The van der Waals surface area contributed by atoms with Gasteiger partial charge in [0, 0.05) is 0 Å². The molecule has 0 nitrogen and oxygen atoms in total. The molecule has 0 N–H and O–H groups in total. The summed E-state index contributed by atoms with van der Waals surface area (Å²) >= 11 is -5.43. The number of hydrogen-bond acceptors (Lipinski definition) is 0. The number of fused-ring (bicyclic) bond motifs is 2. The van der Waals surface area contributed by atoms with Gasteiger partial charge in [-0.2, -0.15) is 0 Å². The molecular formula is C60H53Cl2SiZr. The molecule has 2 unspecified atom stereocenters. The molecule has 0 fully saturated rings. The van der Waals surface area contributed by atoms with Crippen LogP contribution in [0.25, 0.3) is 67.8 Å². The van der Waals surface area contributed by atoms with Crippen LogP contribution in [0.1, 0.15) is 62.9 Å². The molecule has 0 saturated heterocycles. The molecule has 8 aromatic carbocycles. The van der Waals surface area contributed by atoms with Crippen LogP contribution in [0.3, 0.4) is 0 Å². The molecule has 2 atom stereocenters. The summed E-state index contributed by atoms with van der Waals surface area (Å²) in [6.45, 7) is 13.7. The molecule has 0 aliphatic heterocycles. The second-order valence-electron chi connectivity index (χ2n) is 18.6. The fourth-order valence-electron chi connectivity index (χ4n) is 11.3. The fraction of sp³-hybridized carbons (Fsp3) is 0.133. The monoisotopic (exact) mass is 961 g/mol. The zero-order chi connectivity index (χ0) is 44.4. The van der Waals surface area contributed by atoms with Crippen LogP contribution >= 0.6 is 17.0 Å². The van der Waals surface area contributed by atoms with E-state index in [2.05, 4.69) is 235 Å². The van der Waals surface area contributed by atoms with Crippen molar-refractivity contribution in [2.45, 2.75) is 48.0 Å². The summed E-state index contributed by atoms with van der Waals surface area (Å²) in [4.78, 5) is 0. The molecule has 10 rings (SSSR count).